The van der Waals surface area contributed by atoms with Crippen LogP contribution in [0.15, 0.2) is 12.1 Å². The number of hydrogen-bond acceptors (Lipinski definition) is 3. The van der Waals surface area contributed by atoms with E-state index in [4.69, 9.17) is 5.73 Å². The minimum absolute atomic E-state index is 0.155. The molecule has 1 aromatic heterocycles. The molecule has 8 heteroatoms. The number of nitrogens with zero attached hydrogens (tertiary/aromatic N) is 2. The summed E-state index contributed by atoms with van der Waals surface area (Å²) in [4.78, 5) is 4.33. The first-order valence-electron chi connectivity index (χ1n) is 4.65. The van der Waals surface area contributed by atoms with Crippen LogP contribution in [0, 0.1) is 0 Å². The van der Waals surface area contributed by atoms with E-state index in [-0.39, 0.29) is 11.5 Å². The lowest BCUT2D eigenvalue weighted by Gasteiger charge is -2.39. The van der Waals surface area contributed by atoms with Gasteiger partial charge in [0.1, 0.15) is 11.5 Å². The predicted octanol–water partition coefficient (Wildman–Crippen LogP) is 2.14. The fraction of sp³-hybridized carbons (Fsp3) is 0.444. The van der Waals surface area contributed by atoms with Crippen molar-refractivity contribution in [1.82, 2.24) is 4.98 Å². The van der Waals surface area contributed by atoms with E-state index in [9.17, 15) is 22.0 Å². The van der Waals surface area contributed by atoms with Gasteiger partial charge in [-0.05, 0) is 6.07 Å². The normalized spacial score (nSPS) is 19.0. The molecule has 1 fully saturated rings. The highest BCUT2D eigenvalue weighted by molar-refractivity contribution is 5.54. The van der Waals surface area contributed by atoms with Crippen molar-refractivity contribution in [3.63, 3.8) is 0 Å². The van der Waals surface area contributed by atoms with Gasteiger partial charge in [-0.2, -0.15) is 13.2 Å². The second kappa shape index (κ2) is 3.44. The molecule has 1 aliphatic rings. The van der Waals surface area contributed by atoms with E-state index in [1.807, 2.05) is 0 Å². The van der Waals surface area contributed by atoms with Crippen LogP contribution in [0.5, 0.6) is 0 Å². The summed E-state index contributed by atoms with van der Waals surface area (Å²) in [6.45, 7) is -1.28. The Labute approximate surface area is 93.0 Å². The fourth-order valence-electron chi connectivity index (χ4n) is 1.52. The van der Waals surface area contributed by atoms with Crippen molar-refractivity contribution in [3.8, 4) is 0 Å². The molecular weight excluding hydrogens is 245 g/mol. The number of nitrogen functional groups attached to an aromatic ring is 1. The molecule has 0 amide bonds. The van der Waals surface area contributed by atoms with E-state index in [1.165, 1.54) is 0 Å². The number of aromatic nitrogens is 1. The molecule has 0 unspecified atom stereocenters. The van der Waals surface area contributed by atoms with Crippen LogP contribution in [-0.2, 0) is 6.18 Å². The third kappa shape index (κ3) is 2.40. The summed E-state index contributed by atoms with van der Waals surface area (Å²) >= 11 is 0. The quantitative estimate of drug-likeness (QED) is 0.779. The number of alkyl halides is 5. The van der Waals surface area contributed by atoms with Crippen LogP contribution in [0.4, 0.5) is 33.5 Å². The van der Waals surface area contributed by atoms with Crippen molar-refractivity contribution >= 4 is 11.5 Å². The van der Waals surface area contributed by atoms with E-state index < -0.39 is 30.9 Å². The van der Waals surface area contributed by atoms with Gasteiger partial charge in [-0.1, -0.05) is 0 Å². The lowest BCUT2D eigenvalue weighted by Crippen LogP contribution is -2.56. The highest BCUT2D eigenvalue weighted by Crippen LogP contribution is 2.35. The average Bonchev–Trinajstić information content (AvgIpc) is 2.11. The maximum atomic E-state index is 12.6. The number of halogens is 5. The molecule has 0 radical (unpaired) electrons. The maximum Gasteiger partial charge on any atom is 0.433 e. The van der Waals surface area contributed by atoms with E-state index >= 15 is 0 Å². The monoisotopic (exact) mass is 253 g/mol. The summed E-state index contributed by atoms with van der Waals surface area (Å²) in [7, 11) is 0. The van der Waals surface area contributed by atoms with E-state index in [2.05, 4.69) is 4.98 Å². The molecule has 0 aliphatic carbocycles. The molecule has 1 saturated heterocycles. The van der Waals surface area contributed by atoms with E-state index in [1.54, 1.807) is 0 Å². The van der Waals surface area contributed by atoms with Gasteiger partial charge in [-0.3, -0.25) is 0 Å². The van der Waals surface area contributed by atoms with Crippen molar-refractivity contribution in [3.05, 3.63) is 17.8 Å². The Kier molecular flexibility index (Phi) is 2.41. The lowest BCUT2D eigenvalue weighted by molar-refractivity contribution is -0.141. The van der Waals surface area contributed by atoms with Gasteiger partial charge in [0.25, 0.3) is 5.92 Å². The zero-order valence-corrected chi connectivity index (χ0v) is 8.43. The Balaban J connectivity index is 2.28. The van der Waals surface area contributed by atoms with Crippen LogP contribution in [-0.4, -0.2) is 24.0 Å². The van der Waals surface area contributed by atoms with Crippen LogP contribution < -0.4 is 10.6 Å². The van der Waals surface area contributed by atoms with Gasteiger partial charge in [-0.25, -0.2) is 13.8 Å². The Bertz CT molecular complexity index is 435. The zero-order chi connectivity index (χ0) is 12.8. The highest BCUT2D eigenvalue weighted by Gasteiger charge is 2.45. The highest BCUT2D eigenvalue weighted by atomic mass is 19.4. The third-order valence-corrected chi connectivity index (χ3v) is 2.29. The summed E-state index contributed by atoms with van der Waals surface area (Å²) in [5, 5.41) is 0. The molecule has 1 aromatic rings. The van der Waals surface area contributed by atoms with Crippen molar-refractivity contribution in [2.45, 2.75) is 12.1 Å². The van der Waals surface area contributed by atoms with Gasteiger partial charge in [-0.15, -0.1) is 0 Å². The molecule has 1 aliphatic heterocycles. The number of pyridine rings is 1. The van der Waals surface area contributed by atoms with Gasteiger partial charge in [0.2, 0.25) is 0 Å². The first kappa shape index (κ1) is 11.9. The fourth-order valence-corrected chi connectivity index (χ4v) is 1.52. The number of anilines is 2. The van der Waals surface area contributed by atoms with Gasteiger partial charge in [0.15, 0.2) is 0 Å². The average molecular weight is 253 g/mol. The Hall–Kier alpha value is -1.60. The van der Waals surface area contributed by atoms with Crippen LogP contribution in [0.3, 0.4) is 0 Å². The molecule has 2 N–H and O–H groups in total. The van der Waals surface area contributed by atoms with E-state index in [0.717, 1.165) is 11.0 Å². The molecule has 17 heavy (non-hydrogen) atoms. The standard InChI is InChI=1S/C9H8F5N3/c10-8(11)3-17(4-8)7-2-5(15)1-6(16-7)9(12,13)14/h1-2H,3-4H2,(H2,15,16). The Morgan fingerprint density at radius 3 is 2.29 bits per heavy atom. The predicted molar refractivity (Wildman–Crippen MR) is 50.8 cm³/mol. The first-order chi connectivity index (χ1) is 7.67. The first-order valence-corrected chi connectivity index (χ1v) is 4.65. The molecule has 0 aromatic carbocycles. The third-order valence-electron chi connectivity index (χ3n) is 2.29. The van der Waals surface area contributed by atoms with Gasteiger partial charge < -0.3 is 10.6 Å². The number of nitrogens with two attached hydrogens (primary N) is 1. The molecular formula is C9H8F5N3. The van der Waals surface area contributed by atoms with Crippen LogP contribution >= 0.6 is 0 Å². The summed E-state index contributed by atoms with van der Waals surface area (Å²) in [5.74, 6) is -3.05. The van der Waals surface area contributed by atoms with Crippen molar-refractivity contribution < 1.29 is 22.0 Å². The Morgan fingerprint density at radius 2 is 1.82 bits per heavy atom. The van der Waals surface area contributed by atoms with Crippen molar-refractivity contribution in [2.75, 3.05) is 23.7 Å². The molecule has 0 atom stereocenters. The minimum atomic E-state index is -4.64. The molecule has 2 heterocycles. The smallest absolute Gasteiger partial charge is 0.399 e. The topological polar surface area (TPSA) is 42.1 Å². The largest absolute Gasteiger partial charge is 0.433 e. The summed E-state index contributed by atoms with van der Waals surface area (Å²) < 4.78 is 62.4. The molecule has 0 saturated carbocycles. The van der Waals surface area contributed by atoms with Crippen molar-refractivity contribution in [1.29, 1.82) is 0 Å². The lowest BCUT2D eigenvalue weighted by atomic mass is 10.1. The minimum Gasteiger partial charge on any atom is -0.399 e. The molecule has 3 nitrogen and oxygen atoms in total. The summed E-state index contributed by atoms with van der Waals surface area (Å²) in [5.41, 5.74) is 3.95. The maximum absolute atomic E-state index is 12.6. The van der Waals surface area contributed by atoms with Gasteiger partial charge in [0.05, 0.1) is 13.1 Å². The van der Waals surface area contributed by atoms with Crippen molar-refractivity contribution in [2.24, 2.45) is 0 Å². The zero-order valence-electron chi connectivity index (χ0n) is 8.43. The van der Waals surface area contributed by atoms with Crippen LogP contribution in [0.2, 0.25) is 0 Å². The van der Waals surface area contributed by atoms with Crippen LogP contribution in [0.25, 0.3) is 0 Å². The Morgan fingerprint density at radius 1 is 1.24 bits per heavy atom. The SMILES string of the molecule is Nc1cc(N2CC(F)(F)C2)nc(C(F)(F)F)c1. The summed E-state index contributed by atoms with van der Waals surface area (Å²) in [6.07, 6.45) is -4.64. The number of hydrogen-bond donors (Lipinski definition) is 1. The summed E-state index contributed by atoms with van der Waals surface area (Å²) in [6, 6.07) is 1.81. The molecule has 0 bridgehead atoms. The molecule has 94 valence electrons. The van der Waals surface area contributed by atoms with Gasteiger partial charge >= 0.3 is 6.18 Å². The second-order valence-corrected chi connectivity index (χ2v) is 3.85. The molecule has 2 rings (SSSR count). The molecule has 0 spiro atoms. The van der Waals surface area contributed by atoms with Gasteiger partial charge in [0, 0.05) is 11.8 Å². The second-order valence-electron chi connectivity index (χ2n) is 3.85. The van der Waals surface area contributed by atoms with E-state index in [0.29, 0.717) is 6.07 Å². The number of rotatable bonds is 1. The van der Waals surface area contributed by atoms with Crippen LogP contribution in [0.1, 0.15) is 5.69 Å².